The highest BCUT2D eigenvalue weighted by molar-refractivity contribution is 7.99. The van der Waals surface area contributed by atoms with Crippen molar-refractivity contribution >= 4 is 11.8 Å². The molecule has 0 aliphatic carbocycles. The third-order valence-corrected chi connectivity index (χ3v) is 3.75. The van der Waals surface area contributed by atoms with Crippen LogP contribution in [0.15, 0.2) is 18.2 Å². The third-order valence-electron chi connectivity index (χ3n) is 2.56. The van der Waals surface area contributed by atoms with Crippen LogP contribution in [0.2, 0.25) is 0 Å². The second-order valence-corrected chi connectivity index (χ2v) is 5.96. The fourth-order valence-electron chi connectivity index (χ4n) is 1.64. The highest BCUT2D eigenvalue weighted by atomic mass is 32.2. The van der Waals surface area contributed by atoms with E-state index in [0.717, 1.165) is 17.1 Å². The number of hydrazine groups is 1. The maximum Gasteiger partial charge on any atom is 0.123 e. The average molecular weight is 254 g/mol. The summed E-state index contributed by atoms with van der Waals surface area (Å²) in [4.78, 5) is 0. The van der Waals surface area contributed by atoms with E-state index in [0.29, 0.717) is 5.25 Å². The summed E-state index contributed by atoms with van der Waals surface area (Å²) in [5.74, 6) is 7.48. The van der Waals surface area contributed by atoms with E-state index in [9.17, 15) is 0 Å². The Morgan fingerprint density at radius 1 is 1.41 bits per heavy atom. The Morgan fingerprint density at radius 3 is 2.65 bits per heavy atom. The summed E-state index contributed by atoms with van der Waals surface area (Å²) in [7, 11) is 1.69. The molecule has 0 bridgehead atoms. The zero-order valence-corrected chi connectivity index (χ0v) is 11.8. The molecular formula is C13H22N2OS. The first-order chi connectivity index (χ1) is 8.08. The van der Waals surface area contributed by atoms with Crippen LogP contribution in [0.1, 0.15) is 31.0 Å². The van der Waals surface area contributed by atoms with Gasteiger partial charge in [-0.1, -0.05) is 31.5 Å². The van der Waals surface area contributed by atoms with Gasteiger partial charge in [0.15, 0.2) is 0 Å². The van der Waals surface area contributed by atoms with Crippen LogP contribution in [0.4, 0.5) is 0 Å². The van der Waals surface area contributed by atoms with Crippen molar-refractivity contribution in [2.45, 2.75) is 32.1 Å². The van der Waals surface area contributed by atoms with Crippen molar-refractivity contribution in [3.63, 3.8) is 0 Å². The minimum atomic E-state index is 0.122. The van der Waals surface area contributed by atoms with Gasteiger partial charge in [-0.25, -0.2) is 0 Å². The van der Waals surface area contributed by atoms with E-state index >= 15 is 0 Å². The number of aryl methyl sites for hydroxylation is 1. The van der Waals surface area contributed by atoms with Crippen molar-refractivity contribution in [2.75, 3.05) is 12.9 Å². The van der Waals surface area contributed by atoms with Gasteiger partial charge in [-0.05, 0) is 18.2 Å². The van der Waals surface area contributed by atoms with Crippen LogP contribution in [0, 0.1) is 6.92 Å². The van der Waals surface area contributed by atoms with E-state index in [1.165, 1.54) is 5.56 Å². The normalized spacial score (nSPS) is 12.8. The van der Waals surface area contributed by atoms with E-state index in [2.05, 4.69) is 32.3 Å². The zero-order valence-electron chi connectivity index (χ0n) is 11.0. The van der Waals surface area contributed by atoms with E-state index in [1.807, 2.05) is 23.9 Å². The molecule has 1 atom stereocenters. The average Bonchev–Trinajstić information content (AvgIpc) is 2.30. The largest absolute Gasteiger partial charge is 0.496 e. The van der Waals surface area contributed by atoms with Crippen LogP contribution >= 0.6 is 11.8 Å². The minimum Gasteiger partial charge on any atom is -0.496 e. The highest BCUT2D eigenvalue weighted by Gasteiger charge is 2.15. The molecule has 1 rings (SSSR count). The lowest BCUT2D eigenvalue weighted by molar-refractivity contribution is 0.402. The lowest BCUT2D eigenvalue weighted by Crippen LogP contribution is -2.30. The Morgan fingerprint density at radius 2 is 2.12 bits per heavy atom. The van der Waals surface area contributed by atoms with Gasteiger partial charge in [0, 0.05) is 11.3 Å². The van der Waals surface area contributed by atoms with Gasteiger partial charge in [-0.3, -0.25) is 11.3 Å². The molecule has 4 heteroatoms. The molecule has 0 aliphatic rings. The quantitative estimate of drug-likeness (QED) is 0.605. The van der Waals surface area contributed by atoms with Crippen molar-refractivity contribution in [3.8, 4) is 5.75 Å². The molecule has 1 aromatic carbocycles. The fraction of sp³-hybridized carbons (Fsp3) is 0.538. The van der Waals surface area contributed by atoms with Crippen molar-refractivity contribution in [1.29, 1.82) is 0 Å². The summed E-state index contributed by atoms with van der Waals surface area (Å²) in [5, 5.41) is 0.599. The molecule has 1 unspecified atom stereocenters. The maximum absolute atomic E-state index is 5.65. The van der Waals surface area contributed by atoms with Gasteiger partial charge in [-0.2, -0.15) is 11.8 Å². The molecule has 0 saturated heterocycles. The summed E-state index contributed by atoms with van der Waals surface area (Å²) < 4.78 is 5.39. The number of benzene rings is 1. The smallest absolute Gasteiger partial charge is 0.123 e. The Kier molecular flexibility index (Phi) is 5.82. The summed E-state index contributed by atoms with van der Waals surface area (Å²) in [6.45, 7) is 6.45. The molecule has 1 aromatic rings. The number of hydrogen-bond donors (Lipinski definition) is 2. The monoisotopic (exact) mass is 254 g/mol. The van der Waals surface area contributed by atoms with Gasteiger partial charge in [0.2, 0.25) is 0 Å². The predicted molar refractivity (Wildman–Crippen MR) is 75.4 cm³/mol. The van der Waals surface area contributed by atoms with Crippen molar-refractivity contribution in [1.82, 2.24) is 5.43 Å². The Labute approximate surface area is 108 Å². The van der Waals surface area contributed by atoms with E-state index in [-0.39, 0.29) is 6.04 Å². The zero-order chi connectivity index (χ0) is 12.8. The Balaban J connectivity index is 2.89. The summed E-state index contributed by atoms with van der Waals surface area (Å²) in [6.07, 6.45) is 0. The first kappa shape index (κ1) is 14.4. The molecule has 0 fully saturated rings. The summed E-state index contributed by atoms with van der Waals surface area (Å²) in [6, 6.07) is 6.29. The second kappa shape index (κ2) is 6.89. The molecule has 0 saturated carbocycles. The number of hydrogen-bond acceptors (Lipinski definition) is 4. The van der Waals surface area contributed by atoms with Crippen LogP contribution in [-0.4, -0.2) is 18.1 Å². The van der Waals surface area contributed by atoms with Crippen molar-refractivity contribution in [2.24, 2.45) is 5.84 Å². The number of nitrogens with two attached hydrogens (primary N) is 1. The van der Waals surface area contributed by atoms with Crippen LogP contribution < -0.4 is 16.0 Å². The Hall–Kier alpha value is -0.710. The number of ether oxygens (including phenoxy) is 1. The predicted octanol–water partition coefficient (Wildman–Crippen LogP) is 2.65. The fourth-order valence-corrected chi connectivity index (χ4v) is 2.50. The number of nitrogens with one attached hydrogen (secondary N) is 1. The van der Waals surface area contributed by atoms with Crippen LogP contribution in [0.3, 0.4) is 0 Å². The number of rotatable bonds is 6. The topological polar surface area (TPSA) is 47.3 Å². The molecule has 0 aromatic heterocycles. The molecule has 0 heterocycles. The van der Waals surface area contributed by atoms with E-state index in [1.54, 1.807) is 7.11 Å². The SMILES string of the molecule is COc1ccc(C)cc1C(CSC(C)C)NN. The van der Waals surface area contributed by atoms with Gasteiger partial charge < -0.3 is 4.74 Å². The Bertz CT molecular complexity index is 355. The molecule has 0 amide bonds. The van der Waals surface area contributed by atoms with E-state index < -0.39 is 0 Å². The molecule has 0 radical (unpaired) electrons. The first-order valence-corrected chi connectivity index (χ1v) is 6.85. The summed E-state index contributed by atoms with van der Waals surface area (Å²) in [5.41, 5.74) is 5.22. The van der Waals surface area contributed by atoms with Crippen molar-refractivity contribution in [3.05, 3.63) is 29.3 Å². The molecule has 96 valence electrons. The highest BCUT2D eigenvalue weighted by Crippen LogP contribution is 2.29. The first-order valence-electron chi connectivity index (χ1n) is 5.80. The molecular weight excluding hydrogens is 232 g/mol. The molecule has 17 heavy (non-hydrogen) atoms. The standard InChI is InChI=1S/C13H22N2OS/c1-9(2)17-8-12(15-14)11-7-10(3)5-6-13(11)16-4/h5-7,9,12,15H,8,14H2,1-4H3. The summed E-state index contributed by atoms with van der Waals surface area (Å²) >= 11 is 1.89. The van der Waals surface area contributed by atoms with Gasteiger partial charge >= 0.3 is 0 Å². The molecule has 3 nitrogen and oxygen atoms in total. The van der Waals surface area contributed by atoms with Crippen LogP contribution in [0.25, 0.3) is 0 Å². The van der Waals surface area contributed by atoms with Gasteiger partial charge in [0.1, 0.15) is 5.75 Å². The van der Waals surface area contributed by atoms with E-state index in [4.69, 9.17) is 10.6 Å². The second-order valence-electron chi connectivity index (χ2n) is 4.35. The van der Waals surface area contributed by atoms with Gasteiger partial charge in [0.05, 0.1) is 13.2 Å². The van der Waals surface area contributed by atoms with Crippen molar-refractivity contribution < 1.29 is 4.74 Å². The molecule has 0 aliphatic heterocycles. The van der Waals surface area contributed by atoms with Crippen LogP contribution in [-0.2, 0) is 0 Å². The van der Waals surface area contributed by atoms with Gasteiger partial charge in [-0.15, -0.1) is 0 Å². The van der Waals surface area contributed by atoms with Crippen LogP contribution in [0.5, 0.6) is 5.75 Å². The molecule has 0 spiro atoms. The van der Waals surface area contributed by atoms with Gasteiger partial charge in [0.25, 0.3) is 0 Å². The lowest BCUT2D eigenvalue weighted by atomic mass is 10.0. The molecule has 3 N–H and O–H groups in total. The minimum absolute atomic E-state index is 0.122. The number of thioether (sulfide) groups is 1. The maximum atomic E-state index is 5.65. The lowest BCUT2D eigenvalue weighted by Gasteiger charge is -2.20. The number of methoxy groups -OCH3 is 1. The third kappa shape index (κ3) is 4.22.